The number of carbonyl (C=O) groups excluding carboxylic acids is 1. The molecule has 3 heteroatoms. The van der Waals surface area contributed by atoms with E-state index >= 15 is 0 Å². The van der Waals surface area contributed by atoms with Crippen molar-refractivity contribution in [3.63, 3.8) is 0 Å². The highest BCUT2D eigenvalue weighted by atomic mass is 16.1. The molecule has 0 radical (unpaired) electrons. The van der Waals surface area contributed by atoms with Gasteiger partial charge in [0.2, 0.25) is 5.91 Å². The smallest absolute Gasteiger partial charge is 0.220 e. The summed E-state index contributed by atoms with van der Waals surface area (Å²) in [4.78, 5) is 11.6. The summed E-state index contributed by atoms with van der Waals surface area (Å²) in [6.07, 6.45) is 5.17. The summed E-state index contributed by atoms with van der Waals surface area (Å²) in [5.41, 5.74) is 0. The Kier molecular flexibility index (Phi) is 5.69. The molecule has 1 aliphatic heterocycles. The van der Waals surface area contributed by atoms with Crippen LogP contribution in [0.4, 0.5) is 0 Å². The Morgan fingerprint density at radius 2 is 2.20 bits per heavy atom. The van der Waals surface area contributed by atoms with Crippen LogP contribution < -0.4 is 10.6 Å². The number of piperidine rings is 1. The second-order valence-corrected chi connectivity index (χ2v) is 4.72. The summed E-state index contributed by atoms with van der Waals surface area (Å²) in [6, 6.07) is 0.350. The lowest BCUT2D eigenvalue weighted by atomic mass is 9.97. The molecule has 15 heavy (non-hydrogen) atoms. The van der Waals surface area contributed by atoms with Gasteiger partial charge in [-0.15, -0.1) is 0 Å². The molecule has 0 saturated carbocycles. The van der Waals surface area contributed by atoms with E-state index in [-0.39, 0.29) is 5.91 Å². The molecule has 2 N–H and O–H groups in total. The van der Waals surface area contributed by atoms with E-state index in [1.165, 1.54) is 6.42 Å². The van der Waals surface area contributed by atoms with Crippen LogP contribution in [-0.4, -0.2) is 25.0 Å². The normalized spacial score (nSPS) is 26.3. The van der Waals surface area contributed by atoms with E-state index in [1.807, 2.05) is 0 Å². The number of rotatable bonds is 5. The minimum Gasteiger partial charge on any atom is -0.352 e. The minimum atomic E-state index is 0.226. The molecule has 2 unspecified atom stereocenters. The molecule has 2 atom stereocenters. The van der Waals surface area contributed by atoms with Crippen molar-refractivity contribution in [2.24, 2.45) is 5.92 Å². The van der Waals surface area contributed by atoms with E-state index in [9.17, 15) is 4.79 Å². The van der Waals surface area contributed by atoms with Crippen LogP contribution in [0.15, 0.2) is 0 Å². The number of nitrogens with one attached hydrogen (secondary N) is 2. The quantitative estimate of drug-likeness (QED) is 0.681. The fraction of sp³-hybridized carbons (Fsp3) is 0.917. The number of hydrogen-bond donors (Lipinski definition) is 2. The second-order valence-electron chi connectivity index (χ2n) is 4.72. The molecule has 3 nitrogen and oxygen atoms in total. The summed E-state index contributed by atoms with van der Waals surface area (Å²) in [5, 5.41) is 6.45. The standard InChI is InChI=1S/C12H24N2O/c1-3-4-5-6-12(15)14-11-7-10(2)8-13-9-11/h10-11,13H,3-9H2,1-2H3,(H,14,15). The van der Waals surface area contributed by atoms with Gasteiger partial charge in [0, 0.05) is 19.0 Å². The van der Waals surface area contributed by atoms with Crippen LogP contribution in [0.3, 0.4) is 0 Å². The molecule has 1 heterocycles. The molecule has 1 fully saturated rings. The number of carbonyl (C=O) groups is 1. The monoisotopic (exact) mass is 212 g/mol. The summed E-state index contributed by atoms with van der Waals surface area (Å²) in [6.45, 7) is 6.40. The zero-order chi connectivity index (χ0) is 11.1. The van der Waals surface area contributed by atoms with Gasteiger partial charge in [0.25, 0.3) is 0 Å². The van der Waals surface area contributed by atoms with Gasteiger partial charge in [-0.3, -0.25) is 4.79 Å². The zero-order valence-corrected chi connectivity index (χ0v) is 10.0. The third-order valence-corrected chi connectivity index (χ3v) is 2.94. The van der Waals surface area contributed by atoms with E-state index in [1.54, 1.807) is 0 Å². The van der Waals surface area contributed by atoms with Crippen LogP contribution in [0.25, 0.3) is 0 Å². The van der Waals surface area contributed by atoms with Crippen LogP contribution in [0.2, 0.25) is 0 Å². The van der Waals surface area contributed by atoms with Gasteiger partial charge in [0.15, 0.2) is 0 Å². The average Bonchev–Trinajstić information content (AvgIpc) is 2.18. The number of unbranched alkanes of at least 4 members (excludes halogenated alkanes) is 2. The molecular formula is C12H24N2O. The van der Waals surface area contributed by atoms with Crippen LogP contribution >= 0.6 is 0 Å². The van der Waals surface area contributed by atoms with Gasteiger partial charge in [-0.05, 0) is 25.3 Å². The summed E-state index contributed by atoms with van der Waals surface area (Å²) >= 11 is 0. The molecule has 1 rings (SSSR count). The Balaban J connectivity index is 2.13. The van der Waals surface area contributed by atoms with Crippen molar-refractivity contribution >= 4 is 5.91 Å². The SMILES string of the molecule is CCCCCC(=O)NC1CNCC(C)C1. The van der Waals surface area contributed by atoms with Crippen LogP contribution in [-0.2, 0) is 4.79 Å². The maximum Gasteiger partial charge on any atom is 0.220 e. The van der Waals surface area contributed by atoms with E-state index in [2.05, 4.69) is 24.5 Å². The molecule has 1 aliphatic rings. The summed E-state index contributed by atoms with van der Waals surface area (Å²) < 4.78 is 0. The highest BCUT2D eigenvalue weighted by Crippen LogP contribution is 2.09. The first kappa shape index (κ1) is 12.5. The van der Waals surface area contributed by atoms with Crippen molar-refractivity contribution in [3.05, 3.63) is 0 Å². The average molecular weight is 212 g/mol. The largest absolute Gasteiger partial charge is 0.352 e. The summed E-state index contributed by atoms with van der Waals surface area (Å²) in [5.74, 6) is 0.907. The lowest BCUT2D eigenvalue weighted by Gasteiger charge is -2.28. The van der Waals surface area contributed by atoms with Gasteiger partial charge in [-0.25, -0.2) is 0 Å². The fourth-order valence-corrected chi connectivity index (χ4v) is 2.10. The van der Waals surface area contributed by atoms with Gasteiger partial charge < -0.3 is 10.6 Å². The Morgan fingerprint density at radius 3 is 2.87 bits per heavy atom. The zero-order valence-electron chi connectivity index (χ0n) is 10.0. The molecule has 0 aliphatic carbocycles. The first-order valence-corrected chi connectivity index (χ1v) is 6.22. The van der Waals surface area contributed by atoms with Crippen LogP contribution in [0.1, 0.15) is 46.0 Å². The fourth-order valence-electron chi connectivity index (χ4n) is 2.10. The molecule has 0 bridgehead atoms. The Hall–Kier alpha value is -0.570. The van der Waals surface area contributed by atoms with Crippen molar-refractivity contribution < 1.29 is 4.79 Å². The van der Waals surface area contributed by atoms with Gasteiger partial charge in [-0.2, -0.15) is 0 Å². The third-order valence-electron chi connectivity index (χ3n) is 2.94. The molecular weight excluding hydrogens is 188 g/mol. The third kappa shape index (κ3) is 5.17. The van der Waals surface area contributed by atoms with E-state index in [0.717, 1.165) is 32.4 Å². The molecule has 1 saturated heterocycles. The molecule has 0 aromatic carbocycles. The van der Waals surface area contributed by atoms with Gasteiger partial charge in [0.1, 0.15) is 0 Å². The molecule has 1 amide bonds. The molecule has 0 spiro atoms. The number of hydrogen-bond acceptors (Lipinski definition) is 2. The Labute approximate surface area is 93.0 Å². The van der Waals surface area contributed by atoms with Crippen molar-refractivity contribution in [3.8, 4) is 0 Å². The van der Waals surface area contributed by atoms with Crippen molar-refractivity contribution in [2.45, 2.75) is 52.0 Å². The molecule has 88 valence electrons. The van der Waals surface area contributed by atoms with Crippen molar-refractivity contribution in [2.75, 3.05) is 13.1 Å². The van der Waals surface area contributed by atoms with Gasteiger partial charge in [0.05, 0.1) is 0 Å². The maximum atomic E-state index is 11.6. The van der Waals surface area contributed by atoms with Gasteiger partial charge in [-0.1, -0.05) is 26.7 Å². The predicted octanol–water partition coefficient (Wildman–Crippen LogP) is 1.68. The first-order chi connectivity index (χ1) is 7.22. The first-order valence-electron chi connectivity index (χ1n) is 6.22. The Bertz CT molecular complexity index is 194. The van der Waals surface area contributed by atoms with Crippen molar-refractivity contribution in [1.82, 2.24) is 10.6 Å². The van der Waals surface area contributed by atoms with Crippen LogP contribution in [0.5, 0.6) is 0 Å². The molecule has 0 aromatic heterocycles. The van der Waals surface area contributed by atoms with E-state index in [0.29, 0.717) is 18.4 Å². The van der Waals surface area contributed by atoms with Gasteiger partial charge >= 0.3 is 0 Å². The Morgan fingerprint density at radius 1 is 1.40 bits per heavy atom. The van der Waals surface area contributed by atoms with E-state index < -0.39 is 0 Å². The summed E-state index contributed by atoms with van der Waals surface area (Å²) in [7, 11) is 0. The number of amides is 1. The van der Waals surface area contributed by atoms with Crippen molar-refractivity contribution in [1.29, 1.82) is 0 Å². The lowest BCUT2D eigenvalue weighted by molar-refractivity contribution is -0.122. The van der Waals surface area contributed by atoms with Crippen LogP contribution in [0, 0.1) is 5.92 Å². The van der Waals surface area contributed by atoms with E-state index in [4.69, 9.17) is 0 Å². The lowest BCUT2D eigenvalue weighted by Crippen LogP contribution is -2.48. The highest BCUT2D eigenvalue weighted by Gasteiger charge is 2.19. The minimum absolute atomic E-state index is 0.226. The molecule has 0 aromatic rings. The topological polar surface area (TPSA) is 41.1 Å². The highest BCUT2D eigenvalue weighted by molar-refractivity contribution is 5.76. The maximum absolute atomic E-state index is 11.6. The second kappa shape index (κ2) is 6.83. The predicted molar refractivity (Wildman–Crippen MR) is 62.7 cm³/mol.